The number of carbonyl (C=O) groups is 1. The Bertz CT molecular complexity index is 566. The maximum atomic E-state index is 11.8. The van der Waals surface area contributed by atoms with Crippen molar-refractivity contribution in [2.75, 3.05) is 11.9 Å². The number of alkyl halides is 1. The largest absolute Gasteiger partial charge is 0.315 e. The molecule has 1 saturated carbocycles. The summed E-state index contributed by atoms with van der Waals surface area (Å²) in [6.45, 7) is 4.79. The fourth-order valence-corrected chi connectivity index (χ4v) is 5.24. The molecule has 1 heterocycles. The lowest BCUT2D eigenvalue weighted by atomic mass is 9.78. The fourth-order valence-electron chi connectivity index (χ4n) is 3.98. The molecule has 1 aliphatic heterocycles. The number of anilines is 1. The van der Waals surface area contributed by atoms with Crippen molar-refractivity contribution in [2.45, 2.75) is 50.8 Å². The highest BCUT2D eigenvalue weighted by atomic mass is 79.9. The molecular weight excluding hydrogens is 326 g/mol. The van der Waals surface area contributed by atoms with Crippen molar-refractivity contribution >= 4 is 27.5 Å². The van der Waals surface area contributed by atoms with Crippen molar-refractivity contribution in [2.24, 2.45) is 11.3 Å². The highest BCUT2D eigenvalue weighted by Gasteiger charge is 2.39. The Morgan fingerprint density at radius 1 is 1.33 bits per heavy atom. The van der Waals surface area contributed by atoms with Crippen molar-refractivity contribution in [3.8, 4) is 0 Å². The van der Waals surface area contributed by atoms with Gasteiger partial charge in [-0.2, -0.15) is 0 Å². The first-order valence-electron chi connectivity index (χ1n) is 7.93. The monoisotopic (exact) mass is 349 g/mol. The number of nitrogens with zero attached hydrogens (tertiary/aromatic N) is 1. The van der Waals surface area contributed by atoms with Gasteiger partial charge in [0.1, 0.15) is 0 Å². The second kappa shape index (κ2) is 5.42. The van der Waals surface area contributed by atoms with E-state index < -0.39 is 0 Å². The van der Waals surface area contributed by atoms with E-state index in [1.54, 1.807) is 4.90 Å². The number of hydrogen-bond acceptors (Lipinski definition) is 1. The minimum absolute atomic E-state index is 0.225. The zero-order valence-corrected chi connectivity index (χ0v) is 14.7. The molecule has 1 amide bonds. The Morgan fingerprint density at radius 3 is 2.76 bits per heavy atom. The number of carbonyl (C=O) groups excluding carboxylic acids is 1. The van der Waals surface area contributed by atoms with E-state index in [9.17, 15) is 4.79 Å². The summed E-state index contributed by atoms with van der Waals surface area (Å²) in [5.74, 6) is 0.918. The third kappa shape index (κ3) is 2.65. The molecule has 1 aromatic rings. The second-order valence-electron chi connectivity index (χ2n) is 7.23. The molecule has 2 atom stereocenters. The van der Waals surface area contributed by atoms with Gasteiger partial charge >= 0.3 is 0 Å². The molecule has 0 radical (unpaired) electrons. The Balaban J connectivity index is 1.89. The molecule has 0 aromatic heterocycles. The van der Waals surface area contributed by atoms with Crippen LogP contribution >= 0.6 is 15.9 Å². The van der Waals surface area contributed by atoms with Crippen LogP contribution in [-0.4, -0.2) is 13.0 Å². The zero-order valence-electron chi connectivity index (χ0n) is 13.2. The normalized spacial score (nSPS) is 25.8. The molecule has 0 saturated heterocycles. The quantitative estimate of drug-likeness (QED) is 0.698. The number of hydrogen-bond donors (Lipinski definition) is 0. The highest BCUT2D eigenvalue weighted by Crippen LogP contribution is 2.52. The lowest BCUT2D eigenvalue weighted by Gasteiger charge is -2.32. The Kier molecular flexibility index (Phi) is 3.89. The van der Waals surface area contributed by atoms with Crippen LogP contribution in [0.3, 0.4) is 0 Å². The van der Waals surface area contributed by atoms with Crippen LogP contribution in [0.25, 0.3) is 0 Å². The van der Waals surface area contributed by atoms with E-state index in [2.05, 4.69) is 48.0 Å². The summed E-state index contributed by atoms with van der Waals surface area (Å²) in [4.78, 5) is 14.0. The van der Waals surface area contributed by atoms with Gasteiger partial charge in [-0.3, -0.25) is 4.79 Å². The smallest absolute Gasteiger partial charge is 0.227 e. The van der Waals surface area contributed by atoms with Crippen LogP contribution in [0.5, 0.6) is 0 Å². The summed E-state index contributed by atoms with van der Waals surface area (Å²) in [6, 6.07) is 6.63. The van der Waals surface area contributed by atoms with E-state index in [0.717, 1.165) is 12.1 Å². The van der Waals surface area contributed by atoms with Gasteiger partial charge in [-0.1, -0.05) is 48.3 Å². The number of benzene rings is 1. The predicted octanol–water partition coefficient (Wildman–Crippen LogP) is 4.86. The molecule has 0 N–H and O–H groups in total. The van der Waals surface area contributed by atoms with Gasteiger partial charge in [0, 0.05) is 24.0 Å². The van der Waals surface area contributed by atoms with Crippen LogP contribution in [0.1, 0.15) is 55.5 Å². The molecule has 3 rings (SSSR count). The maximum absolute atomic E-state index is 11.8. The van der Waals surface area contributed by atoms with Crippen molar-refractivity contribution in [3.63, 3.8) is 0 Å². The third-order valence-electron chi connectivity index (χ3n) is 5.46. The van der Waals surface area contributed by atoms with E-state index in [1.807, 2.05) is 7.05 Å². The highest BCUT2D eigenvalue weighted by molar-refractivity contribution is 9.09. The molecule has 0 bridgehead atoms. The van der Waals surface area contributed by atoms with Gasteiger partial charge < -0.3 is 4.90 Å². The summed E-state index contributed by atoms with van der Waals surface area (Å²) in [5, 5.41) is 0. The number of aryl methyl sites for hydroxylation is 1. The summed E-state index contributed by atoms with van der Waals surface area (Å²) in [6.07, 6.45) is 5.47. The van der Waals surface area contributed by atoms with Gasteiger partial charge in [-0.05, 0) is 47.8 Å². The van der Waals surface area contributed by atoms with Crippen molar-refractivity contribution in [1.82, 2.24) is 0 Å². The summed E-state index contributed by atoms with van der Waals surface area (Å²) < 4.78 is 0. The van der Waals surface area contributed by atoms with Crippen molar-refractivity contribution < 1.29 is 4.79 Å². The van der Waals surface area contributed by atoms with Gasteiger partial charge in [0.05, 0.1) is 0 Å². The molecule has 21 heavy (non-hydrogen) atoms. The van der Waals surface area contributed by atoms with Gasteiger partial charge in [0.25, 0.3) is 0 Å². The lowest BCUT2D eigenvalue weighted by molar-refractivity contribution is -0.118. The molecule has 114 valence electrons. The molecule has 1 fully saturated rings. The molecule has 2 nitrogen and oxygen atoms in total. The molecule has 2 unspecified atom stereocenters. The van der Waals surface area contributed by atoms with Gasteiger partial charge in [-0.25, -0.2) is 0 Å². The minimum atomic E-state index is 0.225. The van der Waals surface area contributed by atoms with Crippen molar-refractivity contribution in [1.29, 1.82) is 0 Å². The first kappa shape index (κ1) is 15.1. The van der Waals surface area contributed by atoms with E-state index in [-0.39, 0.29) is 5.91 Å². The van der Waals surface area contributed by atoms with Crippen LogP contribution in [0.15, 0.2) is 18.2 Å². The second-order valence-corrected chi connectivity index (χ2v) is 8.22. The lowest BCUT2D eigenvalue weighted by Crippen LogP contribution is -2.31. The van der Waals surface area contributed by atoms with Crippen LogP contribution in [0.4, 0.5) is 5.69 Å². The molecule has 1 aliphatic carbocycles. The van der Waals surface area contributed by atoms with Crippen LogP contribution in [0.2, 0.25) is 0 Å². The summed E-state index contributed by atoms with van der Waals surface area (Å²) in [5.41, 5.74) is 4.18. The van der Waals surface area contributed by atoms with Gasteiger partial charge in [0.15, 0.2) is 0 Å². The number of fused-ring (bicyclic) bond motifs is 1. The van der Waals surface area contributed by atoms with Crippen molar-refractivity contribution in [3.05, 3.63) is 29.3 Å². The Labute approximate surface area is 136 Å². The standard InChI is InChI=1S/C18H24BrNO/c1-18(2)10-4-5-14(18)17(19)13-6-8-15-12(11-13)7-9-16(21)20(15)3/h6,8,11,14,17H,4-5,7,9-10H2,1-3H3. The minimum Gasteiger partial charge on any atom is -0.315 e. The van der Waals surface area contributed by atoms with Crippen LogP contribution in [0, 0.1) is 11.3 Å². The van der Waals surface area contributed by atoms with E-state index >= 15 is 0 Å². The topological polar surface area (TPSA) is 20.3 Å². The number of amides is 1. The molecule has 3 heteroatoms. The zero-order chi connectivity index (χ0) is 15.2. The molecular formula is C18H24BrNO. The van der Waals surface area contributed by atoms with Gasteiger partial charge in [-0.15, -0.1) is 0 Å². The summed E-state index contributed by atoms with van der Waals surface area (Å²) in [7, 11) is 1.88. The predicted molar refractivity (Wildman–Crippen MR) is 91.0 cm³/mol. The SMILES string of the molecule is CN1C(=O)CCc2cc(C(Br)C3CCCC3(C)C)ccc21. The average molecular weight is 350 g/mol. The van der Waals surface area contributed by atoms with Gasteiger partial charge in [0.2, 0.25) is 5.91 Å². The number of rotatable bonds is 2. The fraction of sp³-hybridized carbons (Fsp3) is 0.611. The summed E-state index contributed by atoms with van der Waals surface area (Å²) >= 11 is 3.96. The Hall–Kier alpha value is -0.830. The average Bonchev–Trinajstić information content (AvgIpc) is 2.81. The van der Waals surface area contributed by atoms with E-state index in [0.29, 0.717) is 22.6 Å². The van der Waals surface area contributed by atoms with E-state index in [1.165, 1.54) is 30.4 Å². The number of halogens is 1. The first-order valence-corrected chi connectivity index (χ1v) is 8.85. The van der Waals surface area contributed by atoms with Crippen LogP contribution < -0.4 is 4.90 Å². The third-order valence-corrected chi connectivity index (χ3v) is 6.63. The molecule has 1 aromatic carbocycles. The Morgan fingerprint density at radius 2 is 2.10 bits per heavy atom. The van der Waals surface area contributed by atoms with Crippen LogP contribution in [-0.2, 0) is 11.2 Å². The van der Waals surface area contributed by atoms with E-state index in [4.69, 9.17) is 0 Å². The maximum Gasteiger partial charge on any atom is 0.227 e. The molecule has 2 aliphatic rings. The first-order chi connectivity index (χ1) is 9.90. The molecule has 0 spiro atoms.